The molecule has 4 rings (SSSR count). The predicted molar refractivity (Wildman–Crippen MR) is 121 cm³/mol. The summed E-state index contributed by atoms with van der Waals surface area (Å²) in [6.07, 6.45) is 0.246. The smallest absolute Gasteiger partial charge is 0.229 e. The number of aryl methyl sites for hydroxylation is 1. The molecule has 30 heavy (non-hydrogen) atoms. The molecule has 2 fully saturated rings. The van der Waals surface area contributed by atoms with Crippen LogP contribution in [0.4, 0.5) is 17.1 Å². The lowest BCUT2D eigenvalue weighted by molar-refractivity contribution is -0.122. The fraction of sp³-hybridized carbons (Fsp3) is 0.417. The van der Waals surface area contributed by atoms with E-state index in [4.69, 9.17) is 0 Å². The van der Waals surface area contributed by atoms with Gasteiger partial charge in [-0.1, -0.05) is 24.3 Å². The minimum atomic E-state index is -0.349. The normalized spacial score (nSPS) is 20.0. The Kier molecular flexibility index (Phi) is 5.77. The third-order valence-electron chi connectivity index (χ3n) is 6.37. The number of nitrogens with zero attached hydrogens (tertiary/aromatic N) is 3. The summed E-state index contributed by atoms with van der Waals surface area (Å²) in [5.74, 6) is -0.424. The number of hydrogen-bond acceptors (Lipinski definition) is 4. The molecular weight excluding hydrogens is 376 g/mol. The van der Waals surface area contributed by atoms with Crippen LogP contribution in [0.5, 0.6) is 0 Å². The molecule has 158 valence electrons. The van der Waals surface area contributed by atoms with Crippen LogP contribution in [0.2, 0.25) is 0 Å². The molecule has 2 aromatic rings. The van der Waals surface area contributed by atoms with Gasteiger partial charge < -0.3 is 20.0 Å². The molecular formula is C24H30N4O2. The van der Waals surface area contributed by atoms with Crippen molar-refractivity contribution in [3.05, 3.63) is 53.6 Å². The molecule has 0 aliphatic carbocycles. The Balaban J connectivity index is 1.48. The summed E-state index contributed by atoms with van der Waals surface area (Å²) in [6.45, 7) is 8.37. The van der Waals surface area contributed by atoms with Crippen molar-refractivity contribution in [2.24, 2.45) is 5.92 Å². The average molecular weight is 407 g/mol. The highest BCUT2D eigenvalue weighted by atomic mass is 16.2. The van der Waals surface area contributed by atoms with Crippen LogP contribution in [0.15, 0.2) is 42.5 Å². The quantitative estimate of drug-likeness (QED) is 0.848. The van der Waals surface area contributed by atoms with Crippen molar-refractivity contribution in [2.75, 3.05) is 54.9 Å². The lowest BCUT2D eigenvalue weighted by Crippen LogP contribution is -2.44. The number of benzene rings is 2. The molecule has 1 N–H and O–H groups in total. The zero-order valence-corrected chi connectivity index (χ0v) is 18.0. The summed E-state index contributed by atoms with van der Waals surface area (Å²) < 4.78 is 0. The summed E-state index contributed by atoms with van der Waals surface area (Å²) in [4.78, 5) is 32.1. The van der Waals surface area contributed by atoms with Crippen LogP contribution in [0.25, 0.3) is 0 Å². The fourth-order valence-corrected chi connectivity index (χ4v) is 4.28. The van der Waals surface area contributed by atoms with E-state index in [1.54, 1.807) is 4.90 Å². The van der Waals surface area contributed by atoms with Gasteiger partial charge in [0.25, 0.3) is 0 Å². The van der Waals surface area contributed by atoms with Crippen LogP contribution in [-0.4, -0.2) is 56.5 Å². The first kappa shape index (κ1) is 20.4. The number of hydrogen-bond donors (Lipinski definition) is 1. The highest BCUT2D eigenvalue weighted by Gasteiger charge is 2.36. The van der Waals surface area contributed by atoms with Crippen LogP contribution in [-0.2, 0) is 9.59 Å². The minimum Gasteiger partial charge on any atom is -0.367 e. The molecule has 2 aromatic carbocycles. The molecule has 1 atom stereocenters. The van der Waals surface area contributed by atoms with Crippen molar-refractivity contribution in [1.82, 2.24) is 4.90 Å². The van der Waals surface area contributed by atoms with Gasteiger partial charge in [0.15, 0.2) is 0 Å². The lowest BCUT2D eigenvalue weighted by Gasteiger charge is -2.35. The van der Waals surface area contributed by atoms with Gasteiger partial charge in [-0.3, -0.25) is 9.59 Å². The average Bonchev–Trinajstić information content (AvgIpc) is 3.13. The molecule has 0 aromatic heterocycles. The number of nitrogens with one attached hydrogen (secondary N) is 1. The Labute approximate surface area is 178 Å². The van der Waals surface area contributed by atoms with Crippen LogP contribution in [0, 0.1) is 19.8 Å². The summed E-state index contributed by atoms with van der Waals surface area (Å²) >= 11 is 0. The summed E-state index contributed by atoms with van der Waals surface area (Å²) in [5, 5.41) is 3.11. The summed E-state index contributed by atoms with van der Waals surface area (Å²) in [7, 11) is 2.13. The van der Waals surface area contributed by atoms with Gasteiger partial charge >= 0.3 is 0 Å². The number of piperazine rings is 1. The molecule has 2 amide bonds. The van der Waals surface area contributed by atoms with Gasteiger partial charge in [-0.15, -0.1) is 0 Å². The second-order valence-corrected chi connectivity index (χ2v) is 8.42. The number of anilines is 3. The highest BCUT2D eigenvalue weighted by molar-refractivity contribution is 6.04. The predicted octanol–water partition coefficient (Wildman–Crippen LogP) is 3.05. The van der Waals surface area contributed by atoms with Crippen LogP contribution >= 0.6 is 0 Å². The van der Waals surface area contributed by atoms with E-state index in [1.807, 2.05) is 50.2 Å². The van der Waals surface area contributed by atoms with Gasteiger partial charge in [-0.05, 0) is 50.2 Å². The number of para-hydroxylation sites is 2. The molecule has 2 heterocycles. The van der Waals surface area contributed by atoms with Crippen molar-refractivity contribution in [2.45, 2.75) is 20.3 Å². The molecule has 0 bridgehead atoms. The number of carbonyl (C=O) groups excluding carboxylic acids is 2. The third-order valence-corrected chi connectivity index (χ3v) is 6.37. The second kappa shape index (κ2) is 8.48. The van der Waals surface area contributed by atoms with E-state index in [1.165, 1.54) is 0 Å². The number of amides is 2. The minimum absolute atomic E-state index is 0.0104. The van der Waals surface area contributed by atoms with E-state index in [2.05, 4.69) is 28.2 Å². The van der Waals surface area contributed by atoms with E-state index in [9.17, 15) is 9.59 Å². The van der Waals surface area contributed by atoms with E-state index in [0.717, 1.165) is 54.4 Å². The zero-order chi connectivity index (χ0) is 21.3. The summed E-state index contributed by atoms with van der Waals surface area (Å²) in [5.41, 5.74) is 5.02. The zero-order valence-electron chi connectivity index (χ0n) is 18.0. The van der Waals surface area contributed by atoms with Crippen LogP contribution in [0.3, 0.4) is 0 Å². The Morgan fingerprint density at radius 3 is 2.43 bits per heavy atom. The van der Waals surface area contributed by atoms with Crippen molar-refractivity contribution in [3.63, 3.8) is 0 Å². The Hall–Kier alpha value is -2.86. The Bertz CT molecular complexity index is 950. The Morgan fingerprint density at radius 2 is 1.67 bits per heavy atom. The first-order valence-corrected chi connectivity index (χ1v) is 10.6. The maximum Gasteiger partial charge on any atom is 0.229 e. The van der Waals surface area contributed by atoms with Gasteiger partial charge in [0.2, 0.25) is 11.8 Å². The molecule has 0 spiro atoms. The second-order valence-electron chi connectivity index (χ2n) is 8.42. The van der Waals surface area contributed by atoms with Gasteiger partial charge in [0.05, 0.1) is 17.3 Å². The SMILES string of the molecule is Cc1cccc(N2CC(C(=O)Nc3ccccc3N3CCN(C)CC3)CC2=O)c1C. The lowest BCUT2D eigenvalue weighted by atomic mass is 10.1. The number of rotatable bonds is 4. The van der Waals surface area contributed by atoms with Crippen LogP contribution in [0.1, 0.15) is 17.5 Å². The van der Waals surface area contributed by atoms with Crippen molar-refractivity contribution >= 4 is 28.9 Å². The third kappa shape index (κ3) is 4.05. The molecule has 2 aliphatic heterocycles. The highest BCUT2D eigenvalue weighted by Crippen LogP contribution is 2.31. The van der Waals surface area contributed by atoms with Crippen molar-refractivity contribution in [3.8, 4) is 0 Å². The molecule has 2 aliphatic rings. The van der Waals surface area contributed by atoms with Gasteiger partial charge in [0, 0.05) is 44.8 Å². The molecule has 0 radical (unpaired) electrons. The van der Waals surface area contributed by atoms with E-state index < -0.39 is 0 Å². The standard InChI is InChI=1S/C24H30N4O2/c1-17-7-6-10-21(18(17)2)28-16-19(15-23(28)29)24(30)25-20-8-4-5-9-22(20)27-13-11-26(3)12-14-27/h4-10,19H,11-16H2,1-3H3,(H,25,30). The topological polar surface area (TPSA) is 55.9 Å². The van der Waals surface area contributed by atoms with Crippen molar-refractivity contribution in [1.29, 1.82) is 0 Å². The number of likely N-dealkylation sites (N-methyl/N-ethyl adjacent to an activating group) is 1. The van der Waals surface area contributed by atoms with E-state index in [0.29, 0.717) is 6.54 Å². The first-order chi connectivity index (χ1) is 14.4. The van der Waals surface area contributed by atoms with E-state index in [-0.39, 0.29) is 24.2 Å². The van der Waals surface area contributed by atoms with Gasteiger partial charge in [-0.25, -0.2) is 0 Å². The largest absolute Gasteiger partial charge is 0.367 e. The molecule has 6 heteroatoms. The van der Waals surface area contributed by atoms with Gasteiger partial charge in [-0.2, -0.15) is 0 Å². The molecule has 2 saturated heterocycles. The van der Waals surface area contributed by atoms with Gasteiger partial charge in [0.1, 0.15) is 0 Å². The molecule has 0 saturated carbocycles. The molecule has 6 nitrogen and oxygen atoms in total. The van der Waals surface area contributed by atoms with E-state index >= 15 is 0 Å². The fourth-order valence-electron chi connectivity index (χ4n) is 4.28. The monoisotopic (exact) mass is 406 g/mol. The van der Waals surface area contributed by atoms with Crippen LogP contribution < -0.4 is 15.1 Å². The Morgan fingerprint density at radius 1 is 0.967 bits per heavy atom. The maximum absolute atomic E-state index is 13.1. The van der Waals surface area contributed by atoms with Crippen molar-refractivity contribution < 1.29 is 9.59 Å². The molecule has 1 unspecified atom stereocenters. The maximum atomic E-state index is 13.1. The summed E-state index contributed by atoms with van der Waals surface area (Å²) in [6, 6.07) is 13.9. The first-order valence-electron chi connectivity index (χ1n) is 10.6. The number of carbonyl (C=O) groups is 2.